The van der Waals surface area contributed by atoms with E-state index < -0.39 is 5.54 Å². The van der Waals surface area contributed by atoms with E-state index in [1.807, 2.05) is 6.92 Å². The molecule has 0 N–H and O–H groups in total. The van der Waals surface area contributed by atoms with Crippen LogP contribution < -0.4 is 0 Å². The van der Waals surface area contributed by atoms with E-state index in [9.17, 15) is 9.59 Å². The molecule has 1 aromatic rings. The second kappa shape index (κ2) is 4.28. The first-order valence-corrected chi connectivity index (χ1v) is 7.73. The zero-order valence-corrected chi connectivity index (χ0v) is 13.1. The highest BCUT2D eigenvalue weighted by atomic mass is 32.1. The number of fused-ring (bicyclic) bond motifs is 1. The third kappa shape index (κ3) is 1.70. The zero-order valence-electron chi connectivity index (χ0n) is 12.3. The van der Waals surface area contributed by atoms with E-state index in [1.54, 1.807) is 32.2 Å². The molecule has 1 aromatic heterocycles. The standard InChI is InChI=1S/C14H19N3O2S/c1-8-15-9-6-5-7-10(11(9)20-8)17-12(18)14(2,3)16(4)13(17)19/h10H,5-7H2,1-4H3. The minimum atomic E-state index is -0.756. The highest BCUT2D eigenvalue weighted by molar-refractivity contribution is 7.11. The average Bonchev–Trinajstić information content (AvgIpc) is 2.83. The van der Waals surface area contributed by atoms with Crippen LogP contribution in [0.25, 0.3) is 0 Å². The van der Waals surface area contributed by atoms with Crippen LogP contribution >= 0.6 is 11.3 Å². The lowest BCUT2D eigenvalue weighted by molar-refractivity contribution is -0.133. The lowest BCUT2D eigenvalue weighted by Gasteiger charge is -2.28. The maximum atomic E-state index is 12.6. The van der Waals surface area contributed by atoms with Crippen LogP contribution in [0.2, 0.25) is 0 Å². The third-order valence-corrected chi connectivity index (χ3v) is 5.53. The SMILES string of the molecule is Cc1nc2c(s1)C(N1C(=O)N(C)C(C)(C)C1=O)CCC2. The zero-order chi connectivity index (χ0) is 14.7. The van der Waals surface area contributed by atoms with Crippen LogP contribution in [0.5, 0.6) is 0 Å². The molecule has 0 radical (unpaired) electrons. The number of carbonyl (C=O) groups excluding carboxylic acids is 2. The van der Waals surface area contributed by atoms with Gasteiger partial charge < -0.3 is 4.90 Å². The molecule has 0 aromatic carbocycles. The first-order valence-electron chi connectivity index (χ1n) is 6.91. The van der Waals surface area contributed by atoms with Crippen molar-refractivity contribution in [3.8, 4) is 0 Å². The fourth-order valence-corrected chi connectivity index (χ4v) is 4.07. The van der Waals surface area contributed by atoms with Crippen molar-refractivity contribution in [2.75, 3.05) is 7.05 Å². The van der Waals surface area contributed by atoms with Gasteiger partial charge in [-0.05, 0) is 40.0 Å². The van der Waals surface area contributed by atoms with Gasteiger partial charge in [-0.1, -0.05) is 0 Å². The van der Waals surface area contributed by atoms with Crippen LogP contribution in [0.4, 0.5) is 4.79 Å². The molecule has 1 fully saturated rings. The van der Waals surface area contributed by atoms with E-state index in [1.165, 1.54) is 9.80 Å². The summed E-state index contributed by atoms with van der Waals surface area (Å²) in [6, 6.07) is -0.321. The number of rotatable bonds is 1. The topological polar surface area (TPSA) is 53.5 Å². The van der Waals surface area contributed by atoms with Crippen LogP contribution in [0, 0.1) is 6.92 Å². The monoisotopic (exact) mass is 293 g/mol. The summed E-state index contributed by atoms with van der Waals surface area (Å²) in [6.07, 6.45) is 2.77. The van der Waals surface area contributed by atoms with Crippen LogP contribution in [0.1, 0.15) is 48.3 Å². The molecule has 0 spiro atoms. The number of aryl methyl sites for hydroxylation is 2. The van der Waals surface area contributed by atoms with Gasteiger partial charge in [-0.15, -0.1) is 11.3 Å². The Morgan fingerprint density at radius 1 is 1.35 bits per heavy atom. The van der Waals surface area contributed by atoms with Gasteiger partial charge in [-0.25, -0.2) is 9.78 Å². The van der Waals surface area contributed by atoms with E-state index >= 15 is 0 Å². The highest BCUT2D eigenvalue weighted by Crippen LogP contribution is 2.42. The van der Waals surface area contributed by atoms with Crippen molar-refractivity contribution >= 4 is 23.3 Å². The fraction of sp³-hybridized carbons (Fsp3) is 0.643. The molecule has 108 valence electrons. The Morgan fingerprint density at radius 3 is 2.65 bits per heavy atom. The number of carbonyl (C=O) groups is 2. The van der Waals surface area contributed by atoms with Gasteiger partial charge in [-0.3, -0.25) is 9.69 Å². The summed E-state index contributed by atoms with van der Waals surface area (Å²) >= 11 is 1.61. The summed E-state index contributed by atoms with van der Waals surface area (Å²) in [7, 11) is 1.70. The molecular formula is C14H19N3O2S. The molecule has 3 rings (SSSR count). The van der Waals surface area contributed by atoms with Gasteiger partial charge in [0.2, 0.25) is 0 Å². The van der Waals surface area contributed by atoms with Crippen molar-refractivity contribution in [1.29, 1.82) is 0 Å². The highest BCUT2D eigenvalue weighted by Gasteiger charge is 2.52. The molecule has 0 bridgehead atoms. The van der Waals surface area contributed by atoms with Crippen molar-refractivity contribution in [2.45, 2.75) is 51.6 Å². The molecule has 6 heteroatoms. The maximum absolute atomic E-state index is 12.6. The van der Waals surface area contributed by atoms with Crippen LogP contribution in [-0.2, 0) is 11.2 Å². The van der Waals surface area contributed by atoms with Gasteiger partial charge in [0.15, 0.2) is 0 Å². The molecule has 1 atom stereocenters. The van der Waals surface area contributed by atoms with Crippen molar-refractivity contribution < 1.29 is 9.59 Å². The van der Waals surface area contributed by atoms with E-state index in [0.717, 1.165) is 34.8 Å². The number of hydrogen-bond donors (Lipinski definition) is 0. The van der Waals surface area contributed by atoms with Gasteiger partial charge in [0.25, 0.3) is 5.91 Å². The Kier molecular flexibility index (Phi) is 2.90. The molecular weight excluding hydrogens is 274 g/mol. The normalized spacial score (nSPS) is 25.3. The molecule has 1 aliphatic carbocycles. The van der Waals surface area contributed by atoms with Crippen LogP contribution in [0.3, 0.4) is 0 Å². The van der Waals surface area contributed by atoms with Crippen LogP contribution in [0.15, 0.2) is 0 Å². The molecule has 2 aliphatic rings. The number of nitrogens with zero attached hydrogens (tertiary/aromatic N) is 3. The molecule has 20 heavy (non-hydrogen) atoms. The third-order valence-electron chi connectivity index (χ3n) is 4.41. The molecule has 0 saturated carbocycles. The number of likely N-dealkylation sites (N-methyl/N-ethyl adjacent to an activating group) is 1. The van der Waals surface area contributed by atoms with Gasteiger partial charge >= 0.3 is 6.03 Å². The minimum absolute atomic E-state index is 0.103. The van der Waals surface area contributed by atoms with Crippen molar-refractivity contribution in [3.63, 3.8) is 0 Å². The second-order valence-corrected chi connectivity index (χ2v) is 7.26. The number of hydrogen-bond acceptors (Lipinski definition) is 4. The molecule has 1 unspecified atom stereocenters. The lowest BCUT2D eigenvalue weighted by atomic mass is 9.96. The van der Waals surface area contributed by atoms with E-state index in [2.05, 4.69) is 4.98 Å². The predicted molar refractivity (Wildman–Crippen MR) is 76.6 cm³/mol. The Hall–Kier alpha value is -1.43. The summed E-state index contributed by atoms with van der Waals surface area (Å²) < 4.78 is 0. The number of urea groups is 1. The quantitative estimate of drug-likeness (QED) is 0.748. The first kappa shape index (κ1) is 13.5. The predicted octanol–water partition coefficient (Wildman–Crippen LogP) is 2.50. The summed E-state index contributed by atoms with van der Waals surface area (Å²) in [6.45, 7) is 5.58. The second-order valence-electron chi connectivity index (χ2n) is 6.03. The van der Waals surface area contributed by atoms with Gasteiger partial charge in [0, 0.05) is 7.05 Å². The van der Waals surface area contributed by atoms with Crippen molar-refractivity contribution in [1.82, 2.24) is 14.8 Å². The Morgan fingerprint density at radius 2 is 2.05 bits per heavy atom. The molecule has 3 amide bonds. The summed E-state index contributed by atoms with van der Waals surface area (Å²) in [5.74, 6) is -0.103. The number of thiazole rings is 1. The molecule has 1 saturated heterocycles. The number of imide groups is 1. The fourth-order valence-electron chi connectivity index (χ4n) is 2.97. The van der Waals surface area contributed by atoms with Crippen LogP contribution in [-0.4, -0.2) is 39.3 Å². The van der Waals surface area contributed by atoms with Crippen molar-refractivity contribution in [3.05, 3.63) is 15.6 Å². The smallest absolute Gasteiger partial charge is 0.313 e. The lowest BCUT2D eigenvalue weighted by Crippen LogP contribution is -2.42. The van der Waals surface area contributed by atoms with Gasteiger partial charge in [-0.2, -0.15) is 0 Å². The average molecular weight is 293 g/mol. The Balaban J connectivity index is 2.03. The summed E-state index contributed by atoms with van der Waals surface area (Å²) in [5.41, 5.74) is 0.311. The first-order chi connectivity index (χ1) is 9.34. The van der Waals surface area contributed by atoms with Crippen molar-refractivity contribution in [2.24, 2.45) is 0 Å². The van der Waals surface area contributed by atoms with E-state index in [-0.39, 0.29) is 18.0 Å². The minimum Gasteiger partial charge on any atom is -0.313 e. The summed E-state index contributed by atoms with van der Waals surface area (Å²) in [5, 5.41) is 1.01. The van der Waals surface area contributed by atoms with E-state index in [4.69, 9.17) is 0 Å². The largest absolute Gasteiger partial charge is 0.328 e. The molecule has 1 aliphatic heterocycles. The molecule has 2 heterocycles. The Bertz CT molecular complexity index is 593. The Labute approximate surface area is 122 Å². The number of aromatic nitrogens is 1. The summed E-state index contributed by atoms with van der Waals surface area (Å²) in [4.78, 5) is 33.7. The van der Waals surface area contributed by atoms with Gasteiger partial charge in [0.05, 0.1) is 21.6 Å². The van der Waals surface area contributed by atoms with E-state index in [0.29, 0.717) is 0 Å². The molecule has 5 nitrogen and oxygen atoms in total. The van der Waals surface area contributed by atoms with Gasteiger partial charge in [0.1, 0.15) is 5.54 Å². The number of amides is 3. The maximum Gasteiger partial charge on any atom is 0.328 e.